The molecule has 4 aromatic heterocycles. The number of fused-ring (bicyclic) bond motifs is 12. The van der Waals surface area contributed by atoms with Gasteiger partial charge in [-0.05, 0) is 83.6 Å². The van der Waals surface area contributed by atoms with Crippen molar-refractivity contribution in [2.75, 3.05) is 0 Å². The van der Waals surface area contributed by atoms with Crippen molar-refractivity contribution in [3.05, 3.63) is 188 Å². The van der Waals surface area contributed by atoms with E-state index < -0.39 is 0 Å². The number of rotatable bonds is 4. The predicted molar refractivity (Wildman–Crippen MR) is 234 cm³/mol. The number of para-hydroxylation sites is 2. The second-order valence-electron chi connectivity index (χ2n) is 14.3. The summed E-state index contributed by atoms with van der Waals surface area (Å²) >= 11 is 1.91. The summed E-state index contributed by atoms with van der Waals surface area (Å²) in [5.74, 6) is 0. The molecule has 12 aromatic rings. The van der Waals surface area contributed by atoms with Gasteiger partial charge >= 0.3 is 0 Å². The SMILES string of the molecule is c1ccc(-c2cccc(-c3ccc4c(c3)c3cc5c6c7sc8ccc9ccccc9c8c7ccc6n(-c6ccccc6)c5cc3n4-c3ccccc3)n2)cc1. The van der Waals surface area contributed by atoms with E-state index in [-0.39, 0.29) is 0 Å². The predicted octanol–water partition coefficient (Wildman–Crippen LogP) is 14.1. The number of nitrogens with zero attached hydrogens (tertiary/aromatic N) is 3. The van der Waals surface area contributed by atoms with Crippen LogP contribution in [0.25, 0.3) is 108 Å². The van der Waals surface area contributed by atoms with Crippen LogP contribution in [-0.2, 0) is 0 Å². The number of hydrogen-bond donors (Lipinski definition) is 0. The van der Waals surface area contributed by atoms with Crippen molar-refractivity contribution in [2.24, 2.45) is 0 Å². The maximum Gasteiger partial charge on any atom is 0.0709 e. The lowest BCUT2D eigenvalue weighted by molar-refractivity contribution is 1.16. The molecule has 0 N–H and O–H groups in total. The van der Waals surface area contributed by atoms with Crippen LogP contribution >= 0.6 is 11.3 Å². The Hall–Kier alpha value is -7.01. The number of hydrogen-bond acceptors (Lipinski definition) is 2. The average molecular weight is 718 g/mol. The van der Waals surface area contributed by atoms with Gasteiger partial charge in [-0.2, -0.15) is 0 Å². The number of thiophene rings is 1. The van der Waals surface area contributed by atoms with Crippen molar-refractivity contribution in [3.63, 3.8) is 0 Å². The highest BCUT2D eigenvalue weighted by Gasteiger charge is 2.22. The molecule has 3 nitrogen and oxygen atoms in total. The molecule has 0 unspecified atom stereocenters. The minimum atomic E-state index is 0.963. The number of aromatic nitrogens is 3. The molecule has 12 rings (SSSR count). The molecule has 256 valence electrons. The molecule has 0 aliphatic carbocycles. The zero-order valence-electron chi connectivity index (χ0n) is 29.6. The second kappa shape index (κ2) is 11.7. The van der Waals surface area contributed by atoms with Crippen LogP contribution < -0.4 is 0 Å². The molecule has 0 spiro atoms. The molecule has 0 saturated carbocycles. The lowest BCUT2D eigenvalue weighted by Gasteiger charge is -2.10. The van der Waals surface area contributed by atoms with Gasteiger partial charge in [0.25, 0.3) is 0 Å². The minimum Gasteiger partial charge on any atom is -0.309 e. The van der Waals surface area contributed by atoms with E-state index in [9.17, 15) is 0 Å². The summed E-state index contributed by atoms with van der Waals surface area (Å²) in [4.78, 5) is 5.16. The largest absolute Gasteiger partial charge is 0.309 e. The van der Waals surface area contributed by atoms with Crippen LogP contribution in [0, 0.1) is 0 Å². The van der Waals surface area contributed by atoms with Crippen LogP contribution in [0.3, 0.4) is 0 Å². The molecule has 0 radical (unpaired) electrons. The summed E-state index contributed by atoms with van der Waals surface area (Å²) in [6.07, 6.45) is 0. The molecule has 4 heteroatoms. The topological polar surface area (TPSA) is 22.8 Å². The summed E-state index contributed by atoms with van der Waals surface area (Å²) in [5, 5.41) is 10.2. The van der Waals surface area contributed by atoms with Crippen LogP contribution in [0.2, 0.25) is 0 Å². The molecule has 0 atom stereocenters. The van der Waals surface area contributed by atoms with E-state index in [2.05, 4.69) is 191 Å². The molecule has 0 aliphatic heterocycles. The zero-order valence-corrected chi connectivity index (χ0v) is 30.5. The van der Waals surface area contributed by atoms with Crippen molar-refractivity contribution in [1.29, 1.82) is 0 Å². The van der Waals surface area contributed by atoms with E-state index >= 15 is 0 Å². The average Bonchev–Trinajstić information content (AvgIpc) is 3.91. The Labute approximate surface area is 320 Å². The van der Waals surface area contributed by atoms with E-state index in [0.717, 1.165) is 33.9 Å². The first-order chi connectivity index (χ1) is 27.3. The fourth-order valence-corrected chi connectivity index (χ4v) is 10.1. The Kier molecular flexibility index (Phi) is 6.50. The van der Waals surface area contributed by atoms with E-state index in [4.69, 9.17) is 4.98 Å². The van der Waals surface area contributed by atoms with Crippen molar-refractivity contribution >= 4 is 85.9 Å². The van der Waals surface area contributed by atoms with Crippen molar-refractivity contribution in [3.8, 4) is 33.9 Å². The minimum absolute atomic E-state index is 0.963. The Morgan fingerprint density at radius 2 is 1.00 bits per heavy atom. The Morgan fingerprint density at radius 1 is 0.364 bits per heavy atom. The molecule has 0 saturated heterocycles. The first kappa shape index (κ1) is 30.5. The summed E-state index contributed by atoms with van der Waals surface area (Å²) in [6, 6.07) is 68.1. The van der Waals surface area contributed by atoms with Crippen LogP contribution in [0.4, 0.5) is 0 Å². The van der Waals surface area contributed by atoms with E-state index in [1.165, 1.54) is 74.6 Å². The fourth-order valence-electron chi connectivity index (χ4n) is 8.85. The molecule has 0 bridgehead atoms. The van der Waals surface area contributed by atoms with E-state index in [1.807, 2.05) is 17.4 Å². The molecule has 0 amide bonds. The van der Waals surface area contributed by atoms with E-state index in [0.29, 0.717) is 0 Å². The summed E-state index contributed by atoms with van der Waals surface area (Å²) in [7, 11) is 0. The molecular formula is C51H31N3S. The van der Waals surface area contributed by atoms with Crippen LogP contribution in [-0.4, -0.2) is 14.1 Å². The molecular weight excluding hydrogens is 687 g/mol. The Bertz CT molecular complexity index is 3460. The third kappa shape index (κ3) is 4.52. The molecule has 0 fully saturated rings. The first-order valence-electron chi connectivity index (χ1n) is 18.7. The van der Waals surface area contributed by atoms with Crippen LogP contribution in [0.5, 0.6) is 0 Å². The number of pyridine rings is 1. The maximum atomic E-state index is 5.16. The maximum absolute atomic E-state index is 5.16. The summed E-state index contributed by atoms with van der Waals surface area (Å²) < 4.78 is 7.54. The second-order valence-corrected chi connectivity index (χ2v) is 15.4. The fraction of sp³-hybridized carbons (Fsp3) is 0. The highest BCUT2D eigenvalue weighted by atomic mass is 32.1. The smallest absolute Gasteiger partial charge is 0.0709 e. The van der Waals surface area contributed by atoms with Gasteiger partial charge in [-0.3, -0.25) is 0 Å². The first-order valence-corrected chi connectivity index (χ1v) is 19.5. The normalized spacial score (nSPS) is 12.0. The van der Waals surface area contributed by atoms with Gasteiger partial charge in [-0.25, -0.2) is 4.98 Å². The van der Waals surface area contributed by atoms with Crippen molar-refractivity contribution < 1.29 is 0 Å². The monoisotopic (exact) mass is 717 g/mol. The molecule has 0 aliphatic rings. The van der Waals surface area contributed by atoms with Crippen LogP contribution in [0.1, 0.15) is 0 Å². The number of benzene rings is 8. The van der Waals surface area contributed by atoms with Gasteiger partial charge in [0.2, 0.25) is 0 Å². The zero-order chi connectivity index (χ0) is 36.0. The lowest BCUT2D eigenvalue weighted by atomic mass is 10.0. The van der Waals surface area contributed by atoms with Gasteiger partial charge in [0.1, 0.15) is 0 Å². The highest BCUT2D eigenvalue weighted by molar-refractivity contribution is 7.27. The quantitative estimate of drug-likeness (QED) is 0.178. The third-order valence-electron chi connectivity index (χ3n) is 11.3. The summed E-state index contributed by atoms with van der Waals surface area (Å²) in [5.41, 5.74) is 11.2. The lowest BCUT2D eigenvalue weighted by Crippen LogP contribution is -1.95. The highest BCUT2D eigenvalue weighted by Crippen LogP contribution is 2.47. The Balaban J connectivity index is 1.21. The van der Waals surface area contributed by atoms with Gasteiger partial charge in [-0.15, -0.1) is 11.3 Å². The van der Waals surface area contributed by atoms with Crippen molar-refractivity contribution in [2.45, 2.75) is 0 Å². The third-order valence-corrected chi connectivity index (χ3v) is 12.5. The van der Waals surface area contributed by atoms with Crippen LogP contribution in [0.15, 0.2) is 188 Å². The van der Waals surface area contributed by atoms with Gasteiger partial charge in [-0.1, -0.05) is 115 Å². The summed E-state index contributed by atoms with van der Waals surface area (Å²) in [6.45, 7) is 0. The molecule has 4 heterocycles. The standard InChI is InChI=1S/C51H31N3S/c1-4-14-33(15-5-1)42-21-12-22-43(52-42)34-23-26-44-39(29-34)40-30-41-47(31-46(40)53(44)35-16-6-2-7-17-35)54(36-18-8-3-9-19-36)45-27-25-38-49-37-20-11-10-13-32(37)24-28-48(49)55-51(38)50(41)45/h1-31H. The van der Waals surface area contributed by atoms with Gasteiger partial charge in [0, 0.05) is 64.2 Å². The Morgan fingerprint density at radius 3 is 1.78 bits per heavy atom. The molecule has 8 aromatic carbocycles. The van der Waals surface area contributed by atoms with Gasteiger partial charge in [0.05, 0.1) is 33.5 Å². The van der Waals surface area contributed by atoms with Gasteiger partial charge < -0.3 is 9.13 Å². The van der Waals surface area contributed by atoms with Gasteiger partial charge in [0.15, 0.2) is 0 Å². The van der Waals surface area contributed by atoms with E-state index in [1.54, 1.807) is 0 Å². The van der Waals surface area contributed by atoms with Crippen molar-refractivity contribution in [1.82, 2.24) is 14.1 Å². The molecule has 55 heavy (non-hydrogen) atoms.